The Morgan fingerprint density at radius 3 is 2.70 bits per heavy atom. The van der Waals surface area contributed by atoms with E-state index in [1.807, 2.05) is 48.1 Å². The van der Waals surface area contributed by atoms with Crippen LogP contribution in [0, 0.1) is 6.92 Å². The number of aliphatic hydroxyl groups excluding tert-OH is 1. The molecule has 43 heavy (non-hydrogen) atoms. The Balaban J connectivity index is 1.19. The van der Waals surface area contributed by atoms with Gasteiger partial charge in [-0.2, -0.15) is 5.10 Å². The second-order valence-electron chi connectivity index (χ2n) is 12.4. The van der Waals surface area contributed by atoms with E-state index in [9.17, 15) is 5.11 Å². The van der Waals surface area contributed by atoms with Crippen molar-refractivity contribution in [2.24, 2.45) is 0 Å². The molecule has 1 unspecified atom stereocenters. The number of hydrogen-bond acceptors (Lipinski definition) is 8. The zero-order valence-electron chi connectivity index (χ0n) is 25.1. The van der Waals surface area contributed by atoms with Crippen molar-refractivity contribution >= 4 is 41.7 Å². The number of nitrogens with zero attached hydrogens (tertiary/aromatic N) is 7. The van der Waals surface area contributed by atoms with Gasteiger partial charge in [0.25, 0.3) is 0 Å². The molecule has 3 aromatic heterocycles. The summed E-state index contributed by atoms with van der Waals surface area (Å²) < 4.78 is 16.3. The fourth-order valence-corrected chi connectivity index (χ4v) is 6.23. The lowest BCUT2D eigenvalue weighted by Gasteiger charge is -2.16. The molecule has 1 fully saturated rings. The maximum atomic E-state index is 9.77. The van der Waals surface area contributed by atoms with Crippen molar-refractivity contribution in [3.05, 3.63) is 59.8 Å². The number of benzene rings is 2. The number of aryl methyl sites for hydroxylation is 1. The Kier molecular flexibility index (Phi) is 8.52. The molecule has 1 saturated heterocycles. The molecule has 0 bridgehead atoms. The molecule has 12 heteroatoms. The first-order chi connectivity index (χ1) is 20.6. The Bertz CT molecular complexity index is 1750. The molecule has 5 aromatic rings. The highest BCUT2D eigenvalue weighted by atomic mass is 35.5. The number of β-amino-alcohol motifs (C(OH)–C–C–N with tert-alkyl or cyclic N) is 1. The van der Waals surface area contributed by atoms with E-state index in [0.29, 0.717) is 40.0 Å². The first kappa shape index (κ1) is 29.7. The molecule has 0 amide bonds. The van der Waals surface area contributed by atoms with Gasteiger partial charge in [-0.05, 0) is 43.7 Å². The van der Waals surface area contributed by atoms with Crippen molar-refractivity contribution in [2.45, 2.75) is 58.4 Å². The zero-order valence-corrected chi connectivity index (χ0v) is 26.9. The van der Waals surface area contributed by atoms with Gasteiger partial charge >= 0.3 is 0 Å². The first-order valence-electron chi connectivity index (χ1n) is 14.7. The van der Waals surface area contributed by atoms with E-state index in [1.54, 1.807) is 12.4 Å². The van der Waals surface area contributed by atoms with E-state index in [-0.39, 0.29) is 6.10 Å². The Labute approximate surface area is 257 Å². The predicted molar refractivity (Wildman–Crippen MR) is 171 cm³/mol. The maximum Gasteiger partial charge on any atom is 0.148 e. The summed E-state index contributed by atoms with van der Waals surface area (Å²) >= 11 is 6.86. The topological polar surface area (TPSA) is 103 Å². The number of aliphatic hydroxyl groups is 1. The molecular weight excluding hydrogens is 582 g/mol. The van der Waals surface area contributed by atoms with E-state index in [2.05, 4.69) is 39.2 Å². The molecule has 10 nitrogen and oxygen atoms in total. The van der Waals surface area contributed by atoms with Gasteiger partial charge in [-0.3, -0.25) is 14.6 Å². The second kappa shape index (κ2) is 12.3. The fraction of sp³-hybridized carbons (Fsp3) is 0.419. The Morgan fingerprint density at radius 2 is 1.91 bits per heavy atom. The van der Waals surface area contributed by atoms with E-state index in [0.717, 1.165) is 67.7 Å². The highest BCUT2D eigenvalue weighted by Gasteiger charge is 2.20. The van der Waals surface area contributed by atoms with Crippen LogP contribution < -0.4 is 4.74 Å². The molecule has 0 saturated carbocycles. The van der Waals surface area contributed by atoms with E-state index >= 15 is 0 Å². The third-order valence-electron chi connectivity index (χ3n) is 7.79. The van der Waals surface area contributed by atoms with Gasteiger partial charge in [0, 0.05) is 52.1 Å². The zero-order chi connectivity index (χ0) is 30.1. The standard InChI is InChI=1S/C31H38ClN7O3Si/c1-21-35-25-6-5-24(15-28(25)39(21)20-41-13-14-43(2,3)4)42-29-8-7-26-31(30(29)32)36-27(17-33-26)22-16-34-38(18-22)12-11-37-10-9-23(40)19-37/h5-8,15-18,23,40H,9-14,19-20H2,1-4H3. The fourth-order valence-electron chi connectivity index (χ4n) is 5.23. The number of imidazole rings is 1. The van der Waals surface area contributed by atoms with Crippen LogP contribution in [-0.4, -0.2) is 79.7 Å². The summed E-state index contributed by atoms with van der Waals surface area (Å²) in [5, 5.41) is 14.7. The summed E-state index contributed by atoms with van der Waals surface area (Å²) in [7, 11) is -1.16. The van der Waals surface area contributed by atoms with Crippen LogP contribution in [0.3, 0.4) is 0 Å². The summed E-state index contributed by atoms with van der Waals surface area (Å²) in [5.41, 5.74) is 4.62. The van der Waals surface area contributed by atoms with Crippen molar-refractivity contribution in [1.82, 2.24) is 34.2 Å². The average Bonchev–Trinajstić information content (AvgIpc) is 3.69. The molecule has 226 valence electrons. The van der Waals surface area contributed by atoms with Crippen LogP contribution in [0.1, 0.15) is 12.2 Å². The molecular formula is C31H38ClN7O3Si. The molecule has 1 aliphatic heterocycles. The average molecular weight is 620 g/mol. The maximum absolute atomic E-state index is 9.77. The minimum atomic E-state index is -1.16. The highest BCUT2D eigenvalue weighted by molar-refractivity contribution is 6.76. The summed E-state index contributed by atoms with van der Waals surface area (Å²) in [5.74, 6) is 2.04. The lowest BCUT2D eigenvalue weighted by atomic mass is 10.2. The van der Waals surface area contributed by atoms with Crippen molar-refractivity contribution in [2.75, 3.05) is 26.2 Å². The van der Waals surface area contributed by atoms with E-state index in [1.165, 1.54) is 0 Å². The third-order valence-corrected chi connectivity index (χ3v) is 9.86. The minimum Gasteiger partial charge on any atom is -0.456 e. The van der Waals surface area contributed by atoms with Crippen LogP contribution in [0.4, 0.5) is 0 Å². The van der Waals surface area contributed by atoms with Crippen molar-refractivity contribution < 1.29 is 14.6 Å². The summed E-state index contributed by atoms with van der Waals surface area (Å²) in [6, 6.07) is 10.6. The van der Waals surface area contributed by atoms with Gasteiger partial charge < -0.3 is 19.1 Å². The Hall–Kier alpha value is -3.35. The smallest absolute Gasteiger partial charge is 0.148 e. The Morgan fingerprint density at radius 1 is 1.07 bits per heavy atom. The second-order valence-corrected chi connectivity index (χ2v) is 18.4. The van der Waals surface area contributed by atoms with Gasteiger partial charge in [0.1, 0.15) is 34.6 Å². The molecule has 1 aliphatic rings. The lowest BCUT2D eigenvalue weighted by Crippen LogP contribution is -2.26. The van der Waals surface area contributed by atoms with Gasteiger partial charge in [-0.1, -0.05) is 31.2 Å². The molecule has 0 radical (unpaired) electrons. The first-order valence-corrected chi connectivity index (χ1v) is 18.8. The van der Waals surface area contributed by atoms with Crippen LogP contribution in [0.5, 0.6) is 11.5 Å². The monoisotopic (exact) mass is 619 g/mol. The van der Waals surface area contributed by atoms with Crippen LogP contribution in [0.2, 0.25) is 30.7 Å². The molecule has 1 N–H and O–H groups in total. The lowest BCUT2D eigenvalue weighted by molar-refractivity contribution is 0.0885. The molecule has 6 rings (SSSR count). The minimum absolute atomic E-state index is 0.223. The van der Waals surface area contributed by atoms with Crippen LogP contribution in [-0.2, 0) is 18.0 Å². The quantitative estimate of drug-likeness (QED) is 0.142. The van der Waals surface area contributed by atoms with E-state index < -0.39 is 8.07 Å². The van der Waals surface area contributed by atoms with E-state index in [4.69, 9.17) is 31.0 Å². The van der Waals surface area contributed by atoms with Crippen molar-refractivity contribution in [1.29, 1.82) is 0 Å². The SMILES string of the molecule is Cc1nc2ccc(Oc3ccc4ncc(-c5cnn(CCN6CCC(O)C6)c5)nc4c3Cl)cc2n1COCC[Si](C)(C)C. The van der Waals surface area contributed by atoms with Gasteiger partial charge in [0.15, 0.2) is 0 Å². The van der Waals surface area contributed by atoms with Gasteiger partial charge in [-0.15, -0.1) is 0 Å². The number of halogens is 1. The van der Waals surface area contributed by atoms with Crippen LogP contribution in [0.15, 0.2) is 48.9 Å². The largest absolute Gasteiger partial charge is 0.456 e. The number of hydrogen-bond donors (Lipinski definition) is 1. The van der Waals surface area contributed by atoms with Crippen molar-refractivity contribution in [3.8, 4) is 22.8 Å². The molecule has 2 aromatic carbocycles. The number of likely N-dealkylation sites (tertiary alicyclic amines) is 1. The summed E-state index contributed by atoms with van der Waals surface area (Å²) in [6.45, 7) is 13.4. The molecule has 0 aliphatic carbocycles. The molecule has 0 spiro atoms. The summed E-state index contributed by atoms with van der Waals surface area (Å²) in [4.78, 5) is 16.4. The van der Waals surface area contributed by atoms with Crippen LogP contribution >= 0.6 is 11.6 Å². The summed E-state index contributed by atoms with van der Waals surface area (Å²) in [6.07, 6.45) is 6.10. The third kappa shape index (κ3) is 6.91. The van der Waals surface area contributed by atoms with Gasteiger partial charge in [0.2, 0.25) is 0 Å². The predicted octanol–water partition coefficient (Wildman–Crippen LogP) is 5.98. The highest BCUT2D eigenvalue weighted by Crippen LogP contribution is 2.36. The number of aromatic nitrogens is 6. The normalized spacial score (nSPS) is 16.1. The molecule has 1 atom stereocenters. The number of fused-ring (bicyclic) bond motifs is 2. The van der Waals surface area contributed by atoms with Crippen molar-refractivity contribution in [3.63, 3.8) is 0 Å². The number of ether oxygens (including phenoxy) is 2. The van der Waals surface area contributed by atoms with Crippen LogP contribution in [0.25, 0.3) is 33.3 Å². The molecule has 4 heterocycles. The number of rotatable bonds is 11. The van der Waals surface area contributed by atoms with Gasteiger partial charge in [-0.25, -0.2) is 9.97 Å². The van der Waals surface area contributed by atoms with Gasteiger partial charge in [0.05, 0.1) is 47.3 Å².